The standard InChI is InChI=1S/C18H17BrN2OS/c1-11-3-2-4-12(7-11)9-21-15(18(22)20-13-5-6-13)8-16-17(21)14(19)10-23-16/h2-4,7-8,10,13H,5-6,9H2,1H3,(H,20,22). The first-order chi connectivity index (χ1) is 11.1. The minimum atomic E-state index is 0.0375. The van der Waals surface area contributed by atoms with Crippen LogP contribution in [0.25, 0.3) is 10.2 Å². The van der Waals surface area contributed by atoms with Crippen LogP contribution in [0.4, 0.5) is 0 Å². The Kier molecular flexibility index (Phi) is 3.77. The van der Waals surface area contributed by atoms with Gasteiger partial charge >= 0.3 is 0 Å². The molecule has 0 aliphatic heterocycles. The molecule has 0 saturated heterocycles. The van der Waals surface area contributed by atoms with E-state index in [0.717, 1.165) is 33.2 Å². The van der Waals surface area contributed by atoms with Gasteiger partial charge in [-0.15, -0.1) is 11.3 Å². The summed E-state index contributed by atoms with van der Waals surface area (Å²) in [6.45, 7) is 2.80. The van der Waals surface area contributed by atoms with E-state index in [2.05, 4.69) is 62.4 Å². The molecule has 3 nitrogen and oxygen atoms in total. The summed E-state index contributed by atoms with van der Waals surface area (Å²) in [4.78, 5) is 12.6. The zero-order valence-electron chi connectivity index (χ0n) is 12.8. The molecule has 1 aliphatic carbocycles. The number of carbonyl (C=O) groups excluding carboxylic acids is 1. The Bertz CT molecular complexity index is 892. The summed E-state index contributed by atoms with van der Waals surface area (Å²) in [6, 6.07) is 10.8. The third-order valence-corrected chi connectivity index (χ3v) is 5.97. The first-order valence-electron chi connectivity index (χ1n) is 7.74. The second-order valence-corrected chi connectivity index (χ2v) is 7.91. The van der Waals surface area contributed by atoms with Gasteiger partial charge in [0, 0.05) is 18.0 Å². The van der Waals surface area contributed by atoms with Gasteiger partial charge in [-0.1, -0.05) is 29.8 Å². The van der Waals surface area contributed by atoms with Crippen molar-refractivity contribution in [2.75, 3.05) is 0 Å². The number of benzene rings is 1. The van der Waals surface area contributed by atoms with E-state index in [1.807, 2.05) is 6.07 Å². The molecule has 1 aliphatic rings. The Labute approximate surface area is 147 Å². The minimum absolute atomic E-state index is 0.0375. The van der Waals surface area contributed by atoms with E-state index in [9.17, 15) is 4.79 Å². The lowest BCUT2D eigenvalue weighted by molar-refractivity contribution is 0.0942. The fraction of sp³-hybridized carbons (Fsp3) is 0.278. The molecule has 118 valence electrons. The molecule has 3 aromatic rings. The molecule has 1 aromatic carbocycles. The normalized spacial score (nSPS) is 14.3. The number of aromatic nitrogens is 1. The predicted molar refractivity (Wildman–Crippen MR) is 98.3 cm³/mol. The van der Waals surface area contributed by atoms with Crippen LogP contribution in [0, 0.1) is 6.92 Å². The lowest BCUT2D eigenvalue weighted by Crippen LogP contribution is -2.27. The number of hydrogen-bond donors (Lipinski definition) is 1. The lowest BCUT2D eigenvalue weighted by atomic mass is 10.1. The van der Waals surface area contributed by atoms with E-state index in [1.165, 1.54) is 11.1 Å². The molecule has 0 radical (unpaired) electrons. The average molecular weight is 389 g/mol. The molecule has 23 heavy (non-hydrogen) atoms. The molecule has 2 heterocycles. The summed E-state index contributed by atoms with van der Waals surface area (Å²) in [5.74, 6) is 0.0375. The maximum absolute atomic E-state index is 12.6. The Morgan fingerprint density at radius 2 is 2.22 bits per heavy atom. The van der Waals surface area contributed by atoms with Gasteiger partial charge < -0.3 is 9.88 Å². The molecule has 0 unspecified atom stereocenters. The van der Waals surface area contributed by atoms with Crippen LogP contribution in [0.3, 0.4) is 0 Å². The van der Waals surface area contributed by atoms with Gasteiger partial charge in [0.2, 0.25) is 0 Å². The first-order valence-corrected chi connectivity index (χ1v) is 9.42. The Morgan fingerprint density at radius 1 is 1.39 bits per heavy atom. The van der Waals surface area contributed by atoms with Gasteiger partial charge in [0.1, 0.15) is 5.69 Å². The molecule has 2 aromatic heterocycles. The second kappa shape index (κ2) is 5.80. The quantitative estimate of drug-likeness (QED) is 0.689. The summed E-state index contributed by atoms with van der Waals surface area (Å²) >= 11 is 5.30. The van der Waals surface area contributed by atoms with Gasteiger partial charge in [0.05, 0.1) is 14.7 Å². The van der Waals surface area contributed by atoms with Crippen LogP contribution in [-0.2, 0) is 6.54 Å². The van der Waals surface area contributed by atoms with Crippen LogP contribution in [0.2, 0.25) is 0 Å². The minimum Gasteiger partial charge on any atom is -0.348 e. The van der Waals surface area contributed by atoms with Crippen molar-refractivity contribution in [2.24, 2.45) is 0 Å². The van der Waals surface area contributed by atoms with Crippen LogP contribution in [0.5, 0.6) is 0 Å². The number of hydrogen-bond acceptors (Lipinski definition) is 2. The summed E-state index contributed by atoms with van der Waals surface area (Å²) in [5.41, 5.74) is 4.30. The Hall–Kier alpha value is -1.59. The zero-order chi connectivity index (χ0) is 16.0. The molecule has 1 N–H and O–H groups in total. The van der Waals surface area contributed by atoms with E-state index in [-0.39, 0.29) is 5.91 Å². The van der Waals surface area contributed by atoms with Crippen molar-refractivity contribution in [2.45, 2.75) is 32.4 Å². The highest BCUT2D eigenvalue weighted by atomic mass is 79.9. The molecule has 5 heteroatoms. The van der Waals surface area contributed by atoms with Crippen molar-refractivity contribution in [3.05, 3.63) is 57.0 Å². The van der Waals surface area contributed by atoms with Crippen LogP contribution < -0.4 is 5.32 Å². The van der Waals surface area contributed by atoms with Gasteiger partial charge in [-0.25, -0.2) is 0 Å². The van der Waals surface area contributed by atoms with Crippen LogP contribution in [0.1, 0.15) is 34.5 Å². The van der Waals surface area contributed by atoms with Crippen molar-refractivity contribution in [3.8, 4) is 0 Å². The van der Waals surface area contributed by atoms with Crippen LogP contribution in [0.15, 0.2) is 40.2 Å². The molecular formula is C18H17BrN2OS. The van der Waals surface area contributed by atoms with Crippen molar-refractivity contribution in [1.82, 2.24) is 9.88 Å². The summed E-state index contributed by atoms with van der Waals surface area (Å²) in [6.07, 6.45) is 2.20. The first kappa shape index (κ1) is 15.0. The van der Waals surface area contributed by atoms with Crippen molar-refractivity contribution < 1.29 is 4.79 Å². The molecule has 1 saturated carbocycles. The maximum Gasteiger partial charge on any atom is 0.268 e. The van der Waals surface area contributed by atoms with Crippen LogP contribution >= 0.6 is 27.3 Å². The summed E-state index contributed by atoms with van der Waals surface area (Å²) < 4.78 is 4.32. The monoisotopic (exact) mass is 388 g/mol. The number of aryl methyl sites for hydroxylation is 1. The fourth-order valence-corrected chi connectivity index (χ4v) is 4.56. The fourth-order valence-electron chi connectivity index (χ4n) is 2.86. The number of nitrogens with zero attached hydrogens (tertiary/aromatic N) is 1. The number of carbonyl (C=O) groups is 1. The molecule has 1 amide bonds. The van der Waals surface area contributed by atoms with Crippen LogP contribution in [-0.4, -0.2) is 16.5 Å². The van der Waals surface area contributed by atoms with Gasteiger partial charge in [-0.3, -0.25) is 4.79 Å². The van der Waals surface area contributed by atoms with E-state index in [1.54, 1.807) is 11.3 Å². The van der Waals surface area contributed by atoms with Gasteiger partial charge in [-0.05, 0) is 47.3 Å². The molecular weight excluding hydrogens is 372 g/mol. The van der Waals surface area contributed by atoms with E-state index in [0.29, 0.717) is 12.6 Å². The smallest absolute Gasteiger partial charge is 0.268 e. The molecule has 0 spiro atoms. The SMILES string of the molecule is Cc1cccc(Cn2c(C(=O)NC3CC3)cc3scc(Br)c32)c1. The predicted octanol–water partition coefficient (Wildman–Crippen LogP) is 4.71. The average Bonchev–Trinajstić information content (AvgIpc) is 3.14. The van der Waals surface area contributed by atoms with E-state index < -0.39 is 0 Å². The maximum atomic E-state index is 12.6. The Balaban J connectivity index is 1.77. The third kappa shape index (κ3) is 2.95. The highest BCUT2D eigenvalue weighted by Gasteiger charge is 2.26. The second-order valence-electron chi connectivity index (χ2n) is 6.15. The van der Waals surface area contributed by atoms with E-state index >= 15 is 0 Å². The van der Waals surface area contributed by atoms with Gasteiger partial charge in [-0.2, -0.15) is 0 Å². The van der Waals surface area contributed by atoms with Crippen molar-refractivity contribution in [3.63, 3.8) is 0 Å². The number of fused-ring (bicyclic) bond motifs is 1. The number of thiophene rings is 1. The molecule has 1 fully saturated rings. The van der Waals surface area contributed by atoms with Gasteiger partial charge in [0.15, 0.2) is 0 Å². The summed E-state index contributed by atoms with van der Waals surface area (Å²) in [5, 5.41) is 5.19. The zero-order valence-corrected chi connectivity index (χ0v) is 15.2. The molecule has 4 rings (SSSR count). The number of halogens is 1. The summed E-state index contributed by atoms with van der Waals surface area (Å²) in [7, 11) is 0. The highest BCUT2D eigenvalue weighted by Crippen LogP contribution is 2.34. The largest absolute Gasteiger partial charge is 0.348 e. The highest BCUT2D eigenvalue weighted by molar-refractivity contribution is 9.10. The van der Waals surface area contributed by atoms with Gasteiger partial charge in [0.25, 0.3) is 5.91 Å². The molecule has 0 bridgehead atoms. The molecule has 0 atom stereocenters. The van der Waals surface area contributed by atoms with Crippen molar-refractivity contribution >= 4 is 43.4 Å². The topological polar surface area (TPSA) is 34.0 Å². The number of amides is 1. The Morgan fingerprint density at radius 3 is 2.96 bits per heavy atom. The van der Waals surface area contributed by atoms with E-state index in [4.69, 9.17) is 0 Å². The number of rotatable bonds is 4. The third-order valence-electron chi connectivity index (χ3n) is 4.15. The van der Waals surface area contributed by atoms with Crippen molar-refractivity contribution in [1.29, 1.82) is 0 Å². The number of nitrogens with one attached hydrogen (secondary N) is 1. The lowest BCUT2D eigenvalue weighted by Gasteiger charge is -2.11.